The lowest BCUT2D eigenvalue weighted by Crippen LogP contribution is -2.47. The highest BCUT2D eigenvalue weighted by atomic mass is 16.3. The highest BCUT2D eigenvalue weighted by molar-refractivity contribution is 5.79. The van der Waals surface area contributed by atoms with E-state index in [0.717, 1.165) is 36.2 Å². The van der Waals surface area contributed by atoms with Crippen LogP contribution in [-0.2, 0) is 10.2 Å². The summed E-state index contributed by atoms with van der Waals surface area (Å²) in [5.74, 6) is 0.187. The number of carbonyl (C=O) groups excluding carboxylic acids is 1. The minimum Gasteiger partial charge on any atom is -0.396 e. The number of H-pyrrole nitrogens is 1. The van der Waals surface area contributed by atoms with E-state index in [2.05, 4.69) is 53.5 Å². The Morgan fingerprint density at radius 3 is 2.53 bits per heavy atom. The van der Waals surface area contributed by atoms with Gasteiger partial charge in [-0.3, -0.25) is 9.89 Å². The van der Waals surface area contributed by atoms with Crippen LogP contribution in [0, 0.1) is 0 Å². The Bertz CT molecular complexity index is 954. The van der Waals surface area contributed by atoms with Crippen LogP contribution in [0.25, 0.3) is 11.3 Å². The Morgan fingerprint density at radius 1 is 1.13 bits per heavy atom. The van der Waals surface area contributed by atoms with Gasteiger partial charge in [0, 0.05) is 36.7 Å². The van der Waals surface area contributed by atoms with Crippen LogP contribution in [0.3, 0.4) is 0 Å². The number of likely N-dealkylation sites (tertiary alicyclic amines) is 1. The quantitative estimate of drug-likeness (QED) is 0.611. The maximum atomic E-state index is 13.3. The predicted molar refractivity (Wildman–Crippen MR) is 118 cm³/mol. The molecule has 1 aliphatic rings. The van der Waals surface area contributed by atoms with Gasteiger partial charge in [-0.15, -0.1) is 0 Å². The van der Waals surface area contributed by atoms with Gasteiger partial charge in [0.05, 0.1) is 11.7 Å². The summed E-state index contributed by atoms with van der Waals surface area (Å²) >= 11 is 0. The van der Waals surface area contributed by atoms with E-state index in [-0.39, 0.29) is 24.0 Å². The minimum atomic E-state index is -0.179. The third-order valence-electron chi connectivity index (χ3n) is 6.50. The van der Waals surface area contributed by atoms with Crippen LogP contribution < -0.4 is 0 Å². The smallest absolute Gasteiger partial charge is 0.223 e. The Morgan fingerprint density at radius 2 is 1.90 bits per heavy atom. The van der Waals surface area contributed by atoms with Crippen LogP contribution in [-0.4, -0.2) is 39.3 Å². The summed E-state index contributed by atoms with van der Waals surface area (Å²) in [6.07, 6.45) is 4.77. The normalized spacial score (nSPS) is 20.3. The van der Waals surface area contributed by atoms with E-state index in [0.29, 0.717) is 12.8 Å². The van der Waals surface area contributed by atoms with Gasteiger partial charge in [-0.2, -0.15) is 5.10 Å². The summed E-state index contributed by atoms with van der Waals surface area (Å²) in [5.41, 5.74) is 4.14. The average molecular weight is 404 g/mol. The molecule has 0 aliphatic carbocycles. The first-order chi connectivity index (χ1) is 14.6. The van der Waals surface area contributed by atoms with Crippen molar-refractivity contribution in [3.8, 4) is 11.3 Å². The SMILES string of the molecule is C[C@@H](c1ccc(-c2cc[nH]n2)cc1)N1CC[C@](CCCO)(c2ccccc2)CC1=O. The topological polar surface area (TPSA) is 69.2 Å². The number of hydrogen-bond acceptors (Lipinski definition) is 3. The highest BCUT2D eigenvalue weighted by Crippen LogP contribution is 2.42. The second-order valence-electron chi connectivity index (χ2n) is 8.24. The molecule has 3 aromatic rings. The fourth-order valence-electron chi connectivity index (χ4n) is 4.69. The lowest BCUT2D eigenvalue weighted by molar-refractivity contribution is -0.138. The van der Waals surface area contributed by atoms with Crippen molar-refractivity contribution in [1.29, 1.82) is 0 Å². The molecule has 2 heterocycles. The van der Waals surface area contributed by atoms with Crippen molar-refractivity contribution in [1.82, 2.24) is 15.1 Å². The van der Waals surface area contributed by atoms with Crippen molar-refractivity contribution in [2.45, 2.75) is 44.1 Å². The zero-order chi connectivity index (χ0) is 21.0. The van der Waals surface area contributed by atoms with Gasteiger partial charge in [0.25, 0.3) is 0 Å². The molecule has 0 spiro atoms. The molecular weight excluding hydrogens is 374 g/mol. The third kappa shape index (κ3) is 4.03. The van der Waals surface area contributed by atoms with E-state index >= 15 is 0 Å². The molecule has 1 saturated heterocycles. The minimum absolute atomic E-state index is 0.0253. The second kappa shape index (κ2) is 8.84. The molecule has 0 bridgehead atoms. The molecule has 2 N–H and O–H groups in total. The van der Waals surface area contributed by atoms with Gasteiger partial charge < -0.3 is 10.0 Å². The van der Waals surface area contributed by atoms with Crippen LogP contribution in [0.5, 0.6) is 0 Å². The van der Waals surface area contributed by atoms with E-state index in [9.17, 15) is 9.90 Å². The lowest BCUT2D eigenvalue weighted by atomic mass is 9.69. The zero-order valence-electron chi connectivity index (χ0n) is 17.4. The molecule has 2 aromatic carbocycles. The molecule has 1 aromatic heterocycles. The summed E-state index contributed by atoms with van der Waals surface area (Å²) in [4.78, 5) is 15.3. The monoisotopic (exact) mass is 403 g/mol. The molecule has 4 rings (SSSR count). The first kappa shape index (κ1) is 20.4. The second-order valence-corrected chi connectivity index (χ2v) is 8.24. The molecule has 5 nitrogen and oxygen atoms in total. The molecule has 156 valence electrons. The summed E-state index contributed by atoms with van der Waals surface area (Å²) in [5, 5.41) is 16.5. The van der Waals surface area contributed by atoms with Crippen molar-refractivity contribution >= 4 is 5.91 Å². The molecule has 0 saturated carbocycles. The largest absolute Gasteiger partial charge is 0.396 e. The van der Waals surface area contributed by atoms with E-state index in [1.54, 1.807) is 0 Å². The van der Waals surface area contributed by atoms with Crippen molar-refractivity contribution in [3.05, 3.63) is 78.0 Å². The van der Waals surface area contributed by atoms with Gasteiger partial charge in [0.1, 0.15) is 0 Å². The van der Waals surface area contributed by atoms with Gasteiger partial charge >= 0.3 is 0 Å². The van der Waals surface area contributed by atoms with Gasteiger partial charge in [0.15, 0.2) is 0 Å². The lowest BCUT2D eigenvalue weighted by Gasteiger charge is -2.44. The maximum Gasteiger partial charge on any atom is 0.223 e. The van der Waals surface area contributed by atoms with E-state index < -0.39 is 0 Å². The van der Waals surface area contributed by atoms with Crippen LogP contribution >= 0.6 is 0 Å². The Hall–Kier alpha value is -2.92. The molecule has 30 heavy (non-hydrogen) atoms. The van der Waals surface area contributed by atoms with E-state index in [1.165, 1.54) is 5.56 Å². The molecule has 1 fully saturated rings. The number of benzene rings is 2. The van der Waals surface area contributed by atoms with Gasteiger partial charge in [-0.25, -0.2) is 0 Å². The Balaban J connectivity index is 1.51. The van der Waals surface area contributed by atoms with Crippen LogP contribution in [0.4, 0.5) is 0 Å². The van der Waals surface area contributed by atoms with Gasteiger partial charge in [-0.05, 0) is 43.4 Å². The van der Waals surface area contributed by atoms with Crippen LogP contribution in [0.15, 0.2) is 66.9 Å². The molecule has 1 amide bonds. The van der Waals surface area contributed by atoms with E-state index in [1.807, 2.05) is 35.4 Å². The number of piperidine rings is 1. The number of nitrogens with one attached hydrogen (secondary N) is 1. The number of carbonyl (C=O) groups is 1. The van der Waals surface area contributed by atoms with Crippen molar-refractivity contribution in [2.24, 2.45) is 0 Å². The molecule has 1 aliphatic heterocycles. The Kier molecular flexibility index (Phi) is 6.00. The first-order valence-corrected chi connectivity index (χ1v) is 10.7. The standard InChI is InChI=1S/C25H29N3O2/c1-19(20-8-10-21(11-9-20)23-12-15-26-27-23)28-16-14-25(13-5-17-29,18-24(28)30)22-6-3-2-4-7-22/h2-4,6-12,15,19,29H,5,13-14,16-18H2,1H3,(H,26,27)/t19-,25-/m0/s1. The van der Waals surface area contributed by atoms with Crippen LogP contribution in [0.2, 0.25) is 0 Å². The summed E-state index contributed by atoms with van der Waals surface area (Å²) in [6, 6.07) is 20.6. The van der Waals surface area contributed by atoms with Gasteiger partial charge in [0.2, 0.25) is 5.91 Å². The number of aromatic amines is 1. The van der Waals surface area contributed by atoms with Crippen molar-refractivity contribution in [2.75, 3.05) is 13.2 Å². The molecule has 5 heteroatoms. The third-order valence-corrected chi connectivity index (χ3v) is 6.50. The number of aliphatic hydroxyl groups excluding tert-OH is 1. The molecule has 0 unspecified atom stereocenters. The number of aromatic nitrogens is 2. The first-order valence-electron chi connectivity index (χ1n) is 10.7. The molecular formula is C25H29N3O2. The highest BCUT2D eigenvalue weighted by Gasteiger charge is 2.41. The fourth-order valence-corrected chi connectivity index (χ4v) is 4.69. The average Bonchev–Trinajstić information content (AvgIpc) is 3.33. The summed E-state index contributed by atoms with van der Waals surface area (Å²) in [6.45, 7) is 2.98. The van der Waals surface area contributed by atoms with Crippen molar-refractivity contribution in [3.63, 3.8) is 0 Å². The number of rotatable bonds is 7. The van der Waals surface area contributed by atoms with E-state index in [4.69, 9.17) is 0 Å². The maximum absolute atomic E-state index is 13.3. The number of amides is 1. The summed E-state index contributed by atoms with van der Waals surface area (Å²) in [7, 11) is 0. The molecule has 2 atom stereocenters. The number of hydrogen-bond donors (Lipinski definition) is 2. The fraction of sp³-hybridized carbons (Fsp3) is 0.360. The van der Waals surface area contributed by atoms with Gasteiger partial charge in [-0.1, -0.05) is 54.6 Å². The number of aliphatic hydroxyl groups is 1. The van der Waals surface area contributed by atoms with Crippen molar-refractivity contribution < 1.29 is 9.90 Å². The molecule has 0 radical (unpaired) electrons. The Labute approximate surface area is 177 Å². The number of nitrogens with zero attached hydrogens (tertiary/aromatic N) is 2. The van der Waals surface area contributed by atoms with Crippen LogP contribution in [0.1, 0.15) is 49.8 Å². The zero-order valence-corrected chi connectivity index (χ0v) is 17.4. The summed E-state index contributed by atoms with van der Waals surface area (Å²) < 4.78 is 0. The predicted octanol–water partition coefficient (Wildman–Crippen LogP) is 4.47.